The molecule has 0 radical (unpaired) electrons. The molecule has 0 spiro atoms. The van der Waals surface area contributed by atoms with Crippen LogP contribution in [-0.2, 0) is 6.42 Å². The highest BCUT2D eigenvalue weighted by Gasteiger charge is 2.05. The molecule has 3 heteroatoms. The maximum Gasteiger partial charge on any atom is 0.0914 e. The Hall–Kier alpha value is -1.35. The molecule has 2 aromatic rings. The van der Waals surface area contributed by atoms with Crippen molar-refractivity contribution in [2.45, 2.75) is 12.5 Å². The summed E-state index contributed by atoms with van der Waals surface area (Å²) in [4.78, 5) is 0. The second-order valence-corrected chi connectivity index (χ2v) is 4.94. The van der Waals surface area contributed by atoms with Crippen molar-refractivity contribution in [1.82, 2.24) is 5.32 Å². The number of aliphatic hydroxyl groups excluding tert-OH is 1. The van der Waals surface area contributed by atoms with E-state index < -0.39 is 6.10 Å². The lowest BCUT2D eigenvalue weighted by Crippen LogP contribution is -2.23. The molecule has 0 saturated heterocycles. The highest BCUT2D eigenvalue weighted by molar-refractivity contribution is 6.30. The highest BCUT2D eigenvalue weighted by Crippen LogP contribution is 2.11. The topological polar surface area (TPSA) is 32.3 Å². The van der Waals surface area contributed by atoms with Gasteiger partial charge in [0.05, 0.1) is 6.10 Å². The van der Waals surface area contributed by atoms with Crippen LogP contribution in [0.1, 0.15) is 17.2 Å². The second kappa shape index (κ2) is 7.29. The van der Waals surface area contributed by atoms with Crippen LogP contribution in [0.3, 0.4) is 0 Å². The van der Waals surface area contributed by atoms with Crippen LogP contribution in [0, 0.1) is 0 Å². The van der Waals surface area contributed by atoms with Gasteiger partial charge < -0.3 is 10.4 Å². The van der Waals surface area contributed by atoms with E-state index in [0.29, 0.717) is 6.54 Å². The first-order chi connectivity index (χ1) is 9.25. The quantitative estimate of drug-likeness (QED) is 0.794. The Labute approximate surface area is 119 Å². The van der Waals surface area contributed by atoms with Crippen molar-refractivity contribution in [3.8, 4) is 0 Å². The zero-order valence-corrected chi connectivity index (χ0v) is 11.5. The minimum atomic E-state index is -0.452. The number of nitrogens with one attached hydrogen (secondary N) is 1. The van der Waals surface area contributed by atoms with E-state index >= 15 is 0 Å². The number of halogens is 1. The Balaban J connectivity index is 1.71. The third-order valence-electron chi connectivity index (χ3n) is 3.03. The lowest BCUT2D eigenvalue weighted by molar-refractivity contribution is 0.175. The summed E-state index contributed by atoms with van der Waals surface area (Å²) in [5.74, 6) is 0. The van der Waals surface area contributed by atoms with Crippen LogP contribution in [0.25, 0.3) is 0 Å². The third kappa shape index (κ3) is 4.67. The molecule has 2 aromatic carbocycles. The van der Waals surface area contributed by atoms with E-state index in [1.807, 2.05) is 54.6 Å². The molecule has 0 saturated carbocycles. The van der Waals surface area contributed by atoms with Gasteiger partial charge in [-0.05, 0) is 36.2 Å². The molecular weight excluding hydrogens is 258 g/mol. The zero-order valence-electron chi connectivity index (χ0n) is 10.7. The van der Waals surface area contributed by atoms with E-state index in [1.54, 1.807) is 0 Å². The molecule has 1 atom stereocenters. The Kier molecular flexibility index (Phi) is 5.40. The molecule has 0 aliphatic heterocycles. The van der Waals surface area contributed by atoms with Crippen molar-refractivity contribution in [3.05, 3.63) is 70.7 Å². The van der Waals surface area contributed by atoms with Gasteiger partial charge in [0.15, 0.2) is 0 Å². The van der Waals surface area contributed by atoms with Gasteiger partial charge in [0.2, 0.25) is 0 Å². The molecule has 0 aliphatic rings. The predicted octanol–water partition coefficient (Wildman–Crippen LogP) is 3.21. The molecule has 0 unspecified atom stereocenters. The van der Waals surface area contributed by atoms with Crippen molar-refractivity contribution in [3.63, 3.8) is 0 Å². The lowest BCUT2D eigenvalue weighted by atomic mass is 10.1. The summed E-state index contributed by atoms with van der Waals surface area (Å²) in [5, 5.41) is 14.0. The fraction of sp³-hybridized carbons (Fsp3) is 0.250. The van der Waals surface area contributed by atoms with E-state index in [9.17, 15) is 5.11 Å². The van der Waals surface area contributed by atoms with Gasteiger partial charge in [-0.25, -0.2) is 0 Å². The number of hydrogen-bond donors (Lipinski definition) is 2. The van der Waals surface area contributed by atoms with Crippen LogP contribution in [0.4, 0.5) is 0 Å². The molecule has 2 rings (SSSR count). The average molecular weight is 276 g/mol. The summed E-state index contributed by atoms with van der Waals surface area (Å²) >= 11 is 5.83. The van der Waals surface area contributed by atoms with E-state index in [-0.39, 0.29) is 0 Å². The van der Waals surface area contributed by atoms with Gasteiger partial charge in [-0.2, -0.15) is 0 Å². The molecule has 100 valence electrons. The first-order valence-corrected chi connectivity index (χ1v) is 6.81. The van der Waals surface area contributed by atoms with Gasteiger partial charge in [-0.3, -0.25) is 0 Å². The van der Waals surface area contributed by atoms with Gasteiger partial charge in [-0.15, -0.1) is 0 Å². The van der Waals surface area contributed by atoms with Crippen molar-refractivity contribution in [1.29, 1.82) is 0 Å². The smallest absolute Gasteiger partial charge is 0.0914 e. The maximum atomic E-state index is 9.97. The molecular formula is C16H18ClNO. The molecule has 0 bridgehead atoms. The van der Waals surface area contributed by atoms with Crippen LogP contribution < -0.4 is 5.32 Å². The van der Waals surface area contributed by atoms with Gasteiger partial charge in [-0.1, -0.05) is 54.1 Å². The molecule has 0 heterocycles. The number of aliphatic hydroxyl groups is 1. The average Bonchev–Trinajstić information content (AvgIpc) is 2.46. The van der Waals surface area contributed by atoms with E-state index in [2.05, 4.69) is 5.32 Å². The Morgan fingerprint density at radius 2 is 1.68 bits per heavy atom. The summed E-state index contributed by atoms with van der Waals surface area (Å²) in [7, 11) is 0. The van der Waals surface area contributed by atoms with Crippen LogP contribution in [0.5, 0.6) is 0 Å². The first kappa shape index (κ1) is 14.1. The Morgan fingerprint density at radius 1 is 1.00 bits per heavy atom. The minimum Gasteiger partial charge on any atom is -0.387 e. The molecule has 0 amide bonds. The highest BCUT2D eigenvalue weighted by atomic mass is 35.5. The van der Waals surface area contributed by atoms with E-state index in [4.69, 9.17) is 11.6 Å². The van der Waals surface area contributed by atoms with Gasteiger partial charge in [0.25, 0.3) is 0 Å². The SMILES string of the molecule is O[C@@H](CNCCc1ccc(Cl)cc1)c1ccccc1. The summed E-state index contributed by atoms with van der Waals surface area (Å²) in [6.07, 6.45) is 0.477. The van der Waals surface area contributed by atoms with Crippen LogP contribution in [0.15, 0.2) is 54.6 Å². The fourth-order valence-electron chi connectivity index (χ4n) is 1.92. The number of benzene rings is 2. The minimum absolute atomic E-state index is 0.452. The Bertz CT molecular complexity index is 484. The van der Waals surface area contributed by atoms with Gasteiger partial charge in [0.1, 0.15) is 0 Å². The van der Waals surface area contributed by atoms with Crippen molar-refractivity contribution >= 4 is 11.6 Å². The predicted molar refractivity (Wildman–Crippen MR) is 79.4 cm³/mol. The molecule has 19 heavy (non-hydrogen) atoms. The lowest BCUT2D eigenvalue weighted by Gasteiger charge is -2.12. The van der Waals surface area contributed by atoms with E-state index in [0.717, 1.165) is 23.6 Å². The second-order valence-electron chi connectivity index (χ2n) is 4.51. The van der Waals surface area contributed by atoms with Crippen molar-refractivity contribution in [2.24, 2.45) is 0 Å². The Morgan fingerprint density at radius 3 is 2.37 bits per heavy atom. The molecule has 0 aromatic heterocycles. The van der Waals surface area contributed by atoms with Crippen LogP contribution >= 0.6 is 11.6 Å². The fourth-order valence-corrected chi connectivity index (χ4v) is 2.04. The maximum absolute atomic E-state index is 9.97. The molecule has 2 N–H and O–H groups in total. The summed E-state index contributed by atoms with van der Waals surface area (Å²) < 4.78 is 0. The van der Waals surface area contributed by atoms with Gasteiger partial charge in [0, 0.05) is 11.6 Å². The van der Waals surface area contributed by atoms with Crippen LogP contribution in [0.2, 0.25) is 5.02 Å². The van der Waals surface area contributed by atoms with Crippen molar-refractivity contribution in [2.75, 3.05) is 13.1 Å². The van der Waals surface area contributed by atoms with Crippen LogP contribution in [-0.4, -0.2) is 18.2 Å². The molecule has 2 nitrogen and oxygen atoms in total. The largest absolute Gasteiger partial charge is 0.387 e. The third-order valence-corrected chi connectivity index (χ3v) is 3.28. The number of hydrogen-bond acceptors (Lipinski definition) is 2. The first-order valence-electron chi connectivity index (χ1n) is 6.44. The normalized spacial score (nSPS) is 12.3. The zero-order chi connectivity index (χ0) is 13.5. The standard InChI is InChI=1S/C16H18ClNO/c17-15-8-6-13(7-9-15)10-11-18-12-16(19)14-4-2-1-3-5-14/h1-9,16,18-19H,10-12H2/t16-/m0/s1. The van der Waals surface area contributed by atoms with E-state index in [1.165, 1.54) is 5.56 Å². The summed E-state index contributed by atoms with van der Waals surface area (Å²) in [6.45, 7) is 1.41. The summed E-state index contributed by atoms with van der Waals surface area (Å²) in [6, 6.07) is 17.5. The molecule has 0 fully saturated rings. The van der Waals surface area contributed by atoms with Gasteiger partial charge >= 0.3 is 0 Å². The number of rotatable bonds is 6. The monoisotopic (exact) mass is 275 g/mol. The van der Waals surface area contributed by atoms with Crippen molar-refractivity contribution < 1.29 is 5.11 Å². The summed E-state index contributed by atoms with van der Waals surface area (Å²) in [5.41, 5.74) is 2.19. The molecule has 0 aliphatic carbocycles.